The predicted octanol–water partition coefficient (Wildman–Crippen LogP) is 3.13. The van der Waals surface area contributed by atoms with Gasteiger partial charge in [-0.2, -0.15) is 0 Å². The van der Waals surface area contributed by atoms with E-state index in [0.717, 1.165) is 17.7 Å². The molecule has 1 atom stereocenters. The summed E-state index contributed by atoms with van der Waals surface area (Å²) in [6, 6.07) is 7.85. The number of carboxylic acids is 1. The fourth-order valence-corrected chi connectivity index (χ4v) is 1.51. The first-order chi connectivity index (χ1) is 7.99. The number of hydrogen-bond acceptors (Lipinski definition) is 2. The monoisotopic (exact) mass is 236 g/mol. The normalized spacial score (nSPS) is 12.5. The number of ether oxygens (including phenoxy) is 1. The van der Waals surface area contributed by atoms with E-state index in [9.17, 15) is 4.79 Å². The maximum atomic E-state index is 10.7. The fourth-order valence-electron chi connectivity index (χ4n) is 1.51. The van der Waals surface area contributed by atoms with E-state index in [0.29, 0.717) is 6.42 Å². The number of rotatable bonds is 6. The van der Waals surface area contributed by atoms with Gasteiger partial charge in [-0.25, -0.2) is 0 Å². The van der Waals surface area contributed by atoms with Gasteiger partial charge in [0.15, 0.2) is 0 Å². The van der Waals surface area contributed by atoms with Gasteiger partial charge in [-0.1, -0.05) is 19.1 Å². The van der Waals surface area contributed by atoms with Crippen LogP contribution in [0.3, 0.4) is 0 Å². The molecular weight excluding hydrogens is 216 g/mol. The first kappa shape index (κ1) is 13.6. The Balaban J connectivity index is 2.48. The van der Waals surface area contributed by atoms with Crippen LogP contribution in [-0.4, -0.2) is 17.2 Å². The molecule has 3 heteroatoms. The summed E-state index contributed by atoms with van der Waals surface area (Å²) in [5.41, 5.74) is 1.15. The van der Waals surface area contributed by atoms with Crippen LogP contribution in [0, 0.1) is 5.92 Å². The van der Waals surface area contributed by atoms with Crippen molar-refractivity contribution in [2.24, 2.45) is 5.92 Å². The van der Waals surface area contributed by atoms with Crippen LogP contribution in [0.1, 0.15) is 32.8 Å². The summed E-state index contributed by atoms with van der Waals surface area (Å²) >= 11 is 0. The highest BCUT2D eigenvalue weighted by Gasteiger charge is 2.10. The molecule has 0 radical (unpaired) electrons. The largest absolute Gasteiger partial charge is 0.491 e. The molecule has 0 aliphatic heterocycles. The lowest BCUT2D eigenvalue weighted by molar-refractivity contribution is -0.141. The maximum Gasteiger partial charge on any atom is 0.306 e. The Labute approximate surface area is 102 Å². The Hall–Kier alpha value is -1.51. The van der Waals surface area contributed by atoms with E-state index < -0.39 is 5.97 Å². The highest BCUT2D eigenvalue weighted by Crippen LogP contribution is 2.16. The summed E-state index contributed by atoms with van der Waals surface area (Å²) < 4.78 is 5.54. The molecule has 1 aromatic carbocycles. The molecule has 0 heterocycles. The number of carbonyl (C=O) groups is 1. The van der Waals surface area contributed by atoms with Gasteiger partial charge in [0.2, 0.25) is 0 Å². The SMILES string of the molecule is CC(C)Oc1ccc(CCC(C)C(=O)O)cc1. The Bertz CT molecular complexity index is 354. The molecule has 0 aromatic heterocycles. The van der Waals surface area contributed by atoms with E-state index in [2.05, 4.69) is 0 Å². The van der Waals surface area contributed by atoms with E-state index in [1.54, 1.807) is 6.92 Å². The van der Waals surface area contributed by atoms with E-state index in [1.807, 2.05) is 38.1 Å². The predicted molar refractivity (Wildman–Crippen MR) is 67.3 cm³/mol. The minimum atomic E-state index is -0.732. The van der Waals surface area contributed by atoms with Crippen LogP contribution in [0.5, 0.6) is 5.75 Å². The van der Waals surface area contributed by atoms with Gasteiger partial charge in [0.05, 0.1) is 12.0 Å². The molecule has 0 saturated heterocycles. The van der Waals surface area contributed by atoms with Crippen molar-refractivity contribution >= 4 is 5.97 Å². The lowest BCUT2D eigenvalue weighted by Gasteiger charge is -2.10. The van der Waals surface area contributed by atoms with Gasteiger partial charge in [0, 0.05) is 0 Å². The lowest BCUT2D eigenvalue weighted by Crippen LogP contribution is -2.10. The van der Waals surface area contributed by atoms with Gasteiger partial charge in [-0.15, -0.1) is 0 Å². The summed E-state index contributed by atoms with van der Waals surface area (Å²) in [6.07, 6.45) is 1.63. The van der Waals surface area contributed by atoms with Crippen molar-refractivity contribution in [3.05, 3.63) is 29.8 Å². The van der Waals surface area contributed by atoms with E-state index in [-0.39, 0.29) is 12.0 Å². The van der Waals surface area contributed by atoms with Crippen LogP contribution in [0.15, 0.2) is 24.3 Å². The highest BCUT2D eigenvalue weighted by atomic mass is 16.5. The van der Waals surface area contributed by atoms with Crippen LogP contribution in [0.2, 0.25) is 0 Å². The molecule has 1 N–H and O–H groups in total. The molecule has 0 bridgehead atoms. The molecule has 1 aromatic rings. The van der Waals surface area contributed by atoms with Crippen molar-refractivity contribution in [3.63, 3.8) is 0 Å². The van der Waals surface area contributed by atoms with Crippen LogP contribution in [0.4, 0.5) is 0 Å². The quantitative estimate of drug-likeness (QED) is 0.825. The average Bonchev–Trinajstić information content (AvgIpc) is 2.26. The van der Waals surface area contributed by atoms with E-state index in [1.165, 1.54) is 0 Å². The minimum Gasteiger partial charge on any atom is -0.491 e. The number of hydrogen-bond donors (Lipinski definition) is 1. The summed E-state index contributed by atoms with van der Waals surface area (Å²) in [5.74, 6) is -0.165. The number of aliphatic carboxylic acids is 1. The average molecular weight is 236 g/mol. The molecule has 0 fully saturated rings. The van der Waals surface area contributed by atoms with Gasteiger partial charge >= 0.3 is 5.97 Å². The highest BCUT2D eigenvalue weighted by molar-refractivity contribution is 5.69. The summed E-state index contributed by atoms with van der Waals surface area (Å²) in [7, 11) is 0. The number of benzene rings is 1. The topological polar surface area (TPSA) is 46.5 Å². The van der Waals surface area contributed by atoms with E-state index >= 15 is 0 Å². The molecule has 1 unspecified atom stereocenters. The molecule has 0 saturated carbocycles. The Morgan fingerprint density at radius 3 is 2.29 bits per heavy atom. The molecule has 0 aliphatic rings. The Morgan fingerprint density at radius 2 is 1.82 bits per heavy atom. The third-order valence-electron chi connectivity index (χ3n) is 2.58. The lowest BCUT2D eigenvalue weighted by atomic mass is 10.0. The second kappa shape index (κ2) is 6.28. The minimum absolute atomic E-state index is 0.174. The van der Waals surface area contributed by atoms with Crippen molar-refractivity contribution < 1.29 is 14.6 Å². The summed E-state index contributed by atoms with van der Waals surface area (Å²) in [4.78, 5) is 10.7. The molecule has 0 aliphatic carbocycles. The molecule has 17 heavy (non-hydrogen) atoms. The van der Waals surface area contributed by atoms with Crippen molar-refractivity contribution in [2.45, 2.75) is 39.7 Å². The fraction of sp³-hybridized carbons (Fsp3) is 0.500. The molecule has 94 valence electrons. The van der Waals surface area contributed by atoms with Gasteiger partial charge in [0.1, 0.15) is 5.75 Å². The second-order valence-electron chi connectivity index (χ2n) is 4.59. The Morgan fingerprint density at radius 1 is 1.24 bits per heavy atom. The first-order valence-electron chi connectivity index (χ1n) is 5.97. The zero-order chi connectivity index (χ0) is 12.8. The standard InChI is InChI=1S/C14H20O3/c1-10(2)17-13-8-6-12(7-9-13)5-4-11(3)14(15)16/h6-11H,4-5H2,1-3H3,(H,15,16). The number of aryl methyl sites for hydroxylation is 1. The van der Waals surface area contributed by atoms with Crippen LogP contribution >= 0.6 is 0 Å². The molecule has 0 spiro atoms. The van der Waals surface area contributed by atoms with Gasteiger partial charge in [0.25, 0.3) is 0 Å². The zero-order valence-corrected chi connectivity index (χ0v) is 10.6. The summed E-state index contributed by atoms with van der Waals surface area (Å²) in [5, 5.41) is 8.78. The third kappa shape index (κ3) is 4.89. The van der Waals surface area contributed by atoms with Gasteiger partial charge in [-0.05, 0) is 44.4 Å². The van der Waals surface area contributed by atoms with Crippen molar-refractivity contribution in [2.75, 3.05) is 0 Å². The first-order valence-corrected chi connectivity index (χ1v) is 5.97. The molecule has 3 nitrogen and oxygen atoms in total. The summed E-state index contributed by atoms with van der Waals surface area (Å²) in [6.45, 7) is 5.71. The van der Waals surface area contributed by atoms with Crippen molar-refractivity contribution in [1.82, 2.24) is 0 Å². The van der Waals surface area contributed by atoms with Crippen LogP contribution in [0.25, 0.3) is 0 Å². The second-order valence-corrected chi connectivity index (χ2v) is 4.59. The van der Waals surface area contributed by atoms with Crippen LogP contribution in [-0.2, 0) is 11.2 Å². The van der Waals surface area contributed by atoms with Crippen LogP contribution < -0.4 is 4.74 Å². The third-order valence-corrected chi connectivity index (χ3v) is 2.58. The molecule has 0 amide bonds. The van der Waals surface area contributed by atoms with Crippen molar-refractivity contribution in [1.29, 1.82) is 0 Å². The maximum absolute atomic E-state index is 10.7. The van der Waals surface area contributed by atoms with E-state index in [4.69, 9.17) is 9.84 Å². The number of carboxylic acid groups (broad SMARTS) is 1. The van der Waals surface area contributed by atoms with Gasteiger partial charge < -0.3 is 9.84 Å². The Kier molecular flexibility index (Phi) is 5.01. The smallest absolute Gasteiger partial charge is 0.306 e. The zero-order valence-electron chi connectivity index (χ0n) is 10.6. The molecular formula is C14H20O3. The van der Waals surface area contributed by atoms with Crippen molar-refractivity contribution in [3.8, 4) is 5.75 Å². The van der Waals surface area contributed by atoms with Gasteiger partial charge in [-0.3, -0.25) is 4.79 Å². The molecule has 1 rings (SSSR count).